The minimum absolute atomic E-state index is 0.179. The Hall–Kier alpha value is -0.740. The predicted octanol–water partition coefficient (Wildman–Crippen LogP) is 3.62. The van der Waals surface area contributed by atoms with E-state index < -0.39 is 0 Å². The van der Waals surface area contributed by atoms with Gasteiger partial charge in [-0.05, 0) is 53.4 Å². The smallest absolute Gasteiger partial charge is 0.157 e. The molecule has 0 bridgehead atoms. The van der Waals surface area contributed by atoms with Crippen molar-refractivity contribution in [1.82, 2.24) is 5.32 Å². The predicted molar refractivity (Wildman–Crippen MR) is 77.7 cm³/mol. The molecule has 1 aromatic carbocycles. The van der Waals surface area contributed by atoms with Gasteiger partial charge in [-0.2, -0.15) is 0 Å². The Morgan fingerprint density at radius 1 is 1.53 bits per heavy atom. The summed E-state index contributed by atoms with van der Waals surface area (Å²) in [5, 5.41) is 3.37. The SMILES string of the molecule is CCCC1(C(=O)Cc2cccc(F)c2Br)CCCN1. The van der Waals surface area contributed by atoms with Crippen LogP contribution < -0.4 is 5.32 Å². The van der Waals surface area contributed by atoms with Gasteiger partial charge in [-0.1, -0.05) is 25.5 Å². The molecule has 1 aliphatic rings. The summed E-state index contributed by atoms with van der Waals surface area (Å²) in [5.74, 6) is -0.132. The van der Waals surface area contributed by atoms with Crippen molar-refractivity contribution >= 4 is 21.7 Å². The minimum Gasteiger partial charge on any atom is -0.305 e. The highest BCUT2D eigenvalue weighted by Gasteiger charge is 2.39. The number of carbonyl (C=O) groups is 1. The average molecular weight is 328 g/mol. The van der Waals surface area contributed by atoms with Crippen molar-refractivity contribution < 1.29 is 9.18 Å². The number of nitrogens with one attached hydrogen (secondary N) is 1. The summed E-state index contributed by atoms with van der Waals surface area (Å²) in [7, 11) is 0. The van der Waals surface area contributed by atoms with E-state index in [1.54, 1.807) is 12.1 Å². The van der Waals surface area contributed by atoms with Gasteiger partial charge in [-0.15, -0.1) is 0 Å². The lowest BCUT2D eigenvalue weighted by atomic mass is 9.84. The molecule has 2 nitrogen and oxygen atoms in total. The number of hydrogen-bond acceptors (Lipinski definition) is 2. The van der Waals surface area contributed by atoms with E-state index in [1.807, 2.05) is 0 Å². The largest absolute Gasteiger partial charge is 0.305 e. The Morgan fingerprint density at radius 3 is 2.95 bits per heavy atom. The van der Waals surface area contributed by atoms with E-state index in [4.69, 9.17) is 0 Å². The molecule has 1 fully saturated rings. The number of halogens is 2. The summed E-state index contributed by atoms with van der Waals surface area (Å²) < 4.78 is 13.9. The van der Waals surface area contributed by atoms with Crippen LogP contribution in [0.2, 0.25) is 0 Å². The van der Waals surface area contributed by atoms with Crippen molar-refractivity contribution in [2.45, 2.75) is 44.6 Å². The van der Waals surface area contributed by atoms with Crippen LogP contribution in [0, 0.1) is 5.82 Å². The molecule has 0 aromatic heterocycles. The molecule has 0 radical (unpaired) electrons. The van der Waals surface area contributed by atoms with Crippen molar-refractivity contribution in [3.05, 3.63) is 34.1 Å². The monoisotopic (exact) mass is 327 g/mol. The van der Waals surface area contributed by atoms with Crippen molar-refractivity contribution in [3.8, 4) is 0 Å². The molecule has 0 amide bonds. The summed E-state index contributed by atoms with van der Waals surface area (Å²) in [6, 6.07) is 4.85. The molecule has 1 aliphatic heterocycles. The third kappa shape index (κ3) is 3.06. The topological polar surface area (TPSA) is 29.1 Å². The van der Waals surface area contributed by atoms with Gasteiger partial charge in [0, 0.05) is 6.42 Å². The summed E-state index contributed by atoms with van der Waals surface area (Å²) in [5.41, 5.74) is 0.342. The van der Waals surface area contributed by atoms with Gasteiger partial charge in [0.25, 0.3) is 0 Å². The van der Waals surface area contributed by atoms with Crippen molar-refractivity contribution in [2.24, 2.45) is 0 Å². The van der Waals surface area contributed by atoms with Crippen LogP contribution in [0.15, 0.2) is 22.7 Å². The van der Waals surface area contributed by atoms with Crippen LogP contribution in [0.25, 0.3) is 0 Å². The molecule has 0 saturated carbocycles. The zero-order valence-electron chi connectivity index (χ0n) is 11.1. The second-order valence-corrected chi connectivity index (χ2v) is 5.97. The molecule has 1 saturated heterocycles. The van der Waals surface area contributed by atoms with Crippen LogP contribution in [0.4, 0.5) is 4.39 Å². The first-order chi connectivity index (χ1) is 9.09. The lowest BCUT2D eigenvalue weighted by Crippen LogP contribution is -2.48. The fourth-order valence-corrected chi connectivity index (χ4v) is 3.26. The average Bonchev–Trinajstić information content (AvgIpc) is 2.85. The lowest BCUT2D eigenvalue weighted by molar-refractivity contribution is -0.124. The number of benzene rings is 1. The molecule has 19 heavy (non-hydrogen) atoms. The maximum atomic E-state index is 13.5. The van der Waals surface area contributed by atoms with Crippen LogP contribution in [-0.2, 0) is 11.2 Å². The van der Waals surface area contributed by atoms with E-state index in [0.717, 1.165) is 37.8 Å². The van der Waals surface area contributed by atoms with Gasteiger partial charge in [0.2, 0.25) is 0 Å². The van der Waals surface area contributed by atoms with E-state index in [2.05, 4.69) is 28.2 Å². The van der Waals surface area contributed by atoms with Gasteiger partial charge in [0.15, 0.2) is 5.78 Å². The first-order valence-corrected chi connectivity index (χ1v) is 7.59. The number of hydrogen-bond donors (Lipinski definition) is 1. The van der Waals surface area contributed by atoms with Gasteiger partial charge in [0.05, 0.1) is 10.0 Å². The van der Waals surface area contributed by atoms with Crippen LogP contribution in [0.5, 0.6) is 0 Å². The van der Waals surface area contributed by atoms with E-state index in [9.17, 15) is 9.18 Å². The molecule has 1 unspecified atom stereocenters. The molecule has 1 heterocycles. The number of carbonyl (C=O) groups excluding carboxylic acids is 1. The highest BCUT2D eigenvalue weighted by molar-refractivity contribution is 9.10. The summed E-state index contributed by atoms with van der Waals surface area (Å²) in [4.78, 5) is 12.6. The first kappa shape index (κ1) is 14.7. The van der Waals surface area contributed by atoms with E-state index in [1.165, 1.54) is 6.07 Å². The number of Topliss-reactive ketones (excluding diaryl/α,β-unsaturated/α-hetero) is 1. The third-order valence-electron chi connectivity index (χ3n) is 3.84. The molecule has 0 spiro atoms. The Labute approximate surface area is 121 Å². The quantitative estimate of drug-likeness (QED) is 0.894. The Morgan fingerprint density at radius 2 is 2.32 bits per heavy atom. The first-order valence-electron chi connectivity index (χ1n) is 6.80. The Kier molecular flexibility index (Phi) is 4.74. The van der Waals surface area contributed by atoms with Gasteiger partial charge in [-0.3, -0.25) is 4.79 Å². The van der Waals surface area contributed by atoms with E-state index in [-0.39, 0.29) is 23.6 Å². The maximum Gasteiger partial charge on any atom is 0.157 e. The van der Waals surface area contributed by atoms with Crippen molar-refractivity contribution in [2.75, 3.05) is 6.54 Å². The van der Waals surface area contributed by atoms with Gasteiger partial charge in [-0.25, -0.2) is 4.39 Å². The van der Waals surface area contributed by atoms with Crippen LogP contribution in [0.3, 0.4) is 0 Å². The molecule has 4 heteroatoms. The van der Waals surface area contributed by atoms with Gasteiger partial charge in [0.1, 0.15) is 5.82 Å². The molecule has 1 atom stereocenters. The van der Waals surface area contributed by atoms with Crippen LogP contribution >= 0.6 is 15.9 Å². The Balaban J connectivity index is 2.17. The lowest BCUT2D eigenvalue weighted by Gasteiger charge is -2.28. The fraction of sp³-hybridized carbons (Fsp3) is 0.533. The van der Waals surface area contributed by atoms with E-state index >= 15 is 0 Å². The standard InChI is InChI=1S/C15H19BrFNO/c1-2-7-15(8-4-9-18-15)13(19)10-11-5-3-6-12(17)14(11)16/h3,5-6,18H,2,4,7-10H2,1H3. The van der Waals surface area contributed by atoms with Gasteiger partial charge < -0.3 is 5.32 Å². The zero-order valence-corrected chi connectivity index (χ0v) is 12.7. The molecule has 2 rings (SSSR count). The van der Waals surface area contributed by atoms with E-state index in [0.29, 0.717) is 4.47 Å². The minimum atomic E-state index is -0.388. The highest BCUT2D eigenvalue weighted by atomic mass is 79.9. The Bertz CT molecular complexity index is 469. The third-order valence-corrected chi connectivity index (χ3v) is 4.72. The molecular weight excluding hydrogens is 309 g/mol. The molecule has 0 aliphatic carbocycles. The molecule has 1 aromatic rings. The van der Waals surface area contributed by atoms with Crippen LogP contribution in [-0.4, -0.2) is 17.9 Å². The highest BCUT2D eigenvalue weighted by Crippen LogP contribution is 2.29. The second kappa shape index (κ2) is 6.14. The maximum absolute atomic E-state index is 13.5. The summed E-state index contributed by atoms with van der Waals surface area (Å²) in [6.45, 7) is 2.99. The summed E-state index contributed by atoms with van der Waals surface area (Å²) in [6.07, 6.45) is 4.05. The molecular formula is C15H19BrFNO. The zero-order chi connectivity index (χ0) is 13.9. The van der Waals surface area contributed by atoms with Crippen molar-refractivity contribution in [3.63, 3.8) is 0 Å². The second-order valence-electron chi connectivity index (χ2n) is 5.18. The molecule has 1 N–H and O–H groups in total. The normalized spacial score (nSPS) is 22.7. The summed E-state index contributed by atoms with van der Waals surface area (Å²) >= 11 is 3.23. The van der Waals surface area contributed by atoms with Crippen LogP contribution in [0.1, 0.15) is 38.2 Å². The van der Waals surface area contributed by atoms with Gasteiger partial charge >= 0.3 is 0 Å². The number of rotatable bonds is 5. The number of ketones is 1. The fourth-order valence-electron chi connectivity index (χ4n) is 2.85. The van der Waals surface area contributed by atoms with Crippen molar-refractivity contribution in [1.29, 1.82) is 0 Å². The molecule has 104 valence electrons.